The van der Waals surface area contributed by atoms with Gasteiger partial charge in [0.2, 0.25) is 0 Å². The van der Waals surface area contributed by atoms with Crippen LogP contribution in [-0.4, -0.2) is 24.0 Å². The summed E-state index contributed by atoms with van der Waals surface area (Å²) in [4.78, 5) is 15.9. The standard InChI is InChI=1S/C12H19N3O/c1-9(2)11-5-4-10(8-15-11)12(16)14-7-3-6-13/h4-5,8-9H,3,6-7,13H2,1-2H3,(H,14,16). The van der Waals surface area contributed by atoms with Gasteiger partial charge < -0.3 is 11.1 Å². The van der Waals surface area contributed by atoms with Gasteiger partial charge in [-0.15, -0.1) is 0 Å². The molecule has 0 aromatic carbocycles. The van der Waals surface area contributed by atoms with Gasteiger partial charge in [-0.3, -0.25) is 9.78 Å². The van der Waals surface area contributed by atoms with Crippen LogP contribution in [0.25, 0.3) is 0 Å². The van der Waals surface area contributed by atoms with Crippen molar-refractivity contribution in [3.05, 3.63) is 29.6 Å². The van der Waals surface area contributed by atoms with Gasteiger partial charge >= 0.3 is 0 Å². The lowest BCUT2D eigenvalue weighted by atomic mass is 10.1. The zero-order chi connectivity index (χ0) is 12.0. The molecular weight excluding hydrogens is 202 g/mol. The Morgan fingerprint density at radius 3 is 2.75 bits per heavy atom. The molecule has 1 aromatic heterocycles. The van der Waals surface area contributed by atoms with E-state index in [2.05, 4.69) is 24.1 Å². The van der Waals surface area contributed by atoms with Crippen LogP contribution in [0.2, 0.25) is 0 Å². The van der Waals surface area contributed by atoms with Crippen LogP contribution >= 0.6 is 0 Å². The summed E-state index contributed by atoms with van der Waals surface area (Å²) >= 11 is 0. The Morgan fingerprint density at radius 2 is 2.25 bits per heavy atom. The molecule has 0 bridgehead atoms. The number of pyridine rings is 1. The highest BCUT2D eigenvalue weighted by Gasteiger charge is 2.06. The van der Waals surface area contributed by atoms with E-state index >= 15 is 0 Å². The van der Waals surface area contributed by atoms with Gasteiger partial charge in [0.25, 0.3) is 5.91 Å². The van der Waals surface area contributed by atoms with Crippen LogP contribution in [0.4, 0.5) is 0 Å². The second-order valence-corrected chi connectivity index (χ2v) is 4.02. The third-order valence-electron chi connectivity index (χ3n) is 2.31. The molecule has 0 radical (unpaired) electrons. The Balaban J connectivity index is 2.56. The lowest BCUT2D eigenvalue weighted by molar-refractivity contribution is 0.0953. The molecule has 88 valence electrons. The summed E-state index contributed by atoms with van der Waals surface area (Å²) in [6, 6.07) is 3.70. The van der Waals surface area contributed by atoms with Crippen LogP contribution in [-0.2, 0) is 0 Å². The van der Waals surface area contributed by atoms with Gasteiger partial charge in [0.05, 0.1) is 5.56 Å². The molecule has 4 heteroatoms. The van der Waals surface area contributed by atoms with Crippen LogP contribution in [0.3, 0.4) is 0 Å². The minimum absolute atomic E-state index is 0.0868. The minimum Gasteiger partial charge on any atom is -0.352 e. The number of rotatable bonds is 5. The van der Waals surface area contributed by atoms with E-state index in [4.69, 9.17) is 5.73 Å². The normalized spacial score (nSPS) is 10.5. The van der Waals surface area contributed by atoms with Gasteiger partial charge in [-0.1, -0.05) is 13.8 Å². The van der Waals surface area contributed by atoms with E-state index in [0.717, 1.165) is 12.1 Å². The average molecular weight is 221 g/mol. The lowest BCUT2D eigenvalue weighted by Gasteiger charge is -2.06. The predicted octanol–water partition coefficient (Wildman–Crippen LogP) is 1.28. The van der Waals surface area contributed by atoms with E-state index in [-0.39, 0.29) is 5.91 Å². The van der Waals surface area contributed by atoms with Gasteiger partial charge in [-0.2, -0.15) is 0 Å². The largest absolute Gasteiger partial charge is 0.352 e. The number of nitrogens with two attached hydrogens (primary N) is 1. The zero-order valence-electron chi connectivity index (χ0n) is 9.86. The molecule has 0 aliphatic heterocycles. The molecule has 0 fully saturated rings. The smallest absolute Gasteiger partial charge is 0.252 e. The summed E-state index contributed by atoms with van der Waals surface area (Å²) in [5.41, 5.74) is 6.94. The Hall–Kier alpha value is -1.42. The van der Waals surface area contributed by atoms with Crippen LogP contribution in [0.1, 0.15) is 42.2 Å². The van der Waals surface area contributed by atoms with Gasteiger partial charge in [0, 0.05) is 18.4 Å². The quantitative estimate of drug-likeness (QED) is 0.736. The van der Waals surface area contributed by atoms with Crippen molar-refractivity contribution in [3.63, 3.8) is 0 Å². The Morgan fingerprint density at radius 1 is 1.50 bits per heavy atom. The van der Waals surface area contributed by atoms with Crippen molar-refractivity contribution in [1.29, 1.82) is 0 Å². The van der Waals surface area contributed by atoms with Crippen LogP contribution in [0.15, 0.2) is 18.3 Å². The van der Waals surface area contributed by atoms with Crippen LogP contribution in [0, 0.1) is 0 Å². The molecule has 0 unspecified atom stereocenters. The predicted molar refractivity (Wildman–Crippen MR) is 64.3 cm³/mol. The van der Waals surface area contributed by atoms with Gasteiger partial charge in [0.1, 0.15) is 0 Å². The van der Waals surface area contributed by atoms with Crippen molar-refractivity contribution in [3.8, 4) is 0 Å². The summed E-state index contributed by atoms with van der Waals surface area (Å²) < 4.78 is 0. The molecule has 0 saturated carbocycles. The van der Waals surface area contributed by atoms with Crippen LogP contribution < -0.4 is 11.1 Å². The molecule has 1 aromatic rings. The molecule has 1 rings (SSSR count). The van der Waals surface area contributed by atoms with Gasteiger partial charge in [-0.05, 0) is 31.0 Å². The first-order chi connectivity index (χ1) is 7.65. The van der Waals surface area contributed by atoms with Crippen molar-refractivity contribution in [1.82, 2.24) is 10.3 Å². The number of hydrogen-bond acceptors (Lipinski definition) is 3. The van der Waals surface area contributed by atoms with E-state index in [1.54, 1.807) is 12.3 Å². The monoisotopic (exact) mass is 221 g/mol. The molecule has 0 saturated heterocycles. The molecular formula is C12H19N3O. The first kappa shape index (κ1) is 12.6. The third kappa shape index (κ3) is 3.62. The number of nitrogens with one attached hydrogen (secondary N) is 1. The summed E-state index contributed by atoms with van der Waals surface area (Å²) in [6.07, 6.45) is 2.41. The zero-order valence-corrected chi connectivity index (χ0v) is 9.86. The average Bonchev–Trinajstić information content (AvgIpc) is 2.29. The maximum atomic E-state index is 11.6. The summed E-state index contributed by atoms with van der Waals surface area (Å²) in [6.45, 7) is 5.35. The second-order valence-electron chi connectivity index (χ2n) is 4.02. The second kappa shape index (κ2) is 6.23. The first-order valence-corrected chi connectivity index (χ1v) is 5.59. The van der Waals surface area contributed by atoms with Crippen molar-refractivity contribution < 1.29 is 4.79 Å². The fourth-order valence-corrected chi connectivity index (χ4v) is 1.29. The highest BCUT2D eigenvalue weighted by Crippen LogP contribution is 2.11. The van der Waals surface area contributed by atoms with E-state index in [1.807, 2.05) is 6.07 Å². The van der Waals surface area contributed by atoms with Crippen molar-refractivity contribution >= 4 is 5.91 Å². The number of aromatic nitrogens is 1. The molecule has 3 N–H and O–H groups in total. The molecule has 0 atom stereocenters. The third-order valence-corrected chi connectivity index (χ3v) is 2.31. The summed E-state index contributed by atoms with van der Waals surface area (Å²) in [7, 11) is 0. The highest BCUT2D eigenvalue weighted by atomic mass is 16.1. The maximum Gasteiger partial charge on any atom is 0.252 e. The van der Waals surface area contributed by atoms with E-state index < -0.39 is 0 Å². The van der Waals surface area contributed by atoms with E-state index in [0.29, 0.717) is 24.6 Å². The van der Waals surface area contributed by atoms with E-state index in [1.165, 1.54) is 0 Å². The summed E-state index contributed by atoms with van der Waals surface area (Å²) in [5, 5.41) is 2.79. The Kier molecular flexibility index (Phi) is 4.92. The fourth-order valence-electron chi connectivity index (χ4n) is 1.29. The highest BCUT2D eigenvalue weighted by molar-refractivity contribution is 5.93. The van der Waals surface area contributed by atoms with Gasteiger partial charge in [0.15, 0.2) is 0 Å². The summed E-state index contributed by atoms with van der Waals surface area (Å²) in [5.74, 6) is 0.297. The van der Waals surface area contributed by atoms with Crippen molar-refractivity contribution in [2.24, 2.45) is 5.73 Å². The molecule has 16 heavy (non-hydrogen) atoms. The number of nitrogens with zero attached hydrogens (tertiary/aromatic N) is 1. The number of carbonyl (C=O) groups is 1. The fraction of sp³-hybridized carbons (Fsp3) is 0.500. The van der Waals surface area contributed by atoms with Crippen molar-refractivity contribution in [2.45, 2.75) is 26.2 Å². The van der Waals surface area contributed by atoms with Gasteiger partial charge in [-0.25, -0.2) is 0 Å². The van der Waals surface area contributed by atoms with Crippen LogP contribution in [0.5, 0.6) is 0 Å². The topological polar surface area (TPSA) is 68.0 Å². The molecule has 0 aliphatic rings. The molecule has 0 aliphatic carbocycles. The Bertz CT molecular complexity index is 333. The maximum absolute atomic E-state index is 11.6. The molecule has 1 amide bonds. The molecule has 0 spiro atoms. The number of hydrogen-bond donors (Lipinski definition) is 2. The minimum atomic E-state index is -0.0868. The van der Waals surface area contributed by atoms with Crippen molar-refractivity contribution in [2.75, 3.05) is 13.1 Å². The van der Waals surface area contributed by atoms with E-state index in [9.17, 15) is 4.79 Å². The number of carbonyl (C=O) groups excluding carboxylic acids is 1. The SMILES string of the molecule is CC(C)c1ccc(C(=O)NCCCN)cn1. The molecule has 4 nitrogen and oxygen atoms in total. The molecule has 1 heterocycles. The number of amides is 1. The lowest BCUT2D eigenvalue weighted by Crippen LogP contribution is -2.26. The first-order valence-electron chi connectivity index (χ1n) is 5.59. The Labute approximate surface area is 96.3 Å².